The maximum atomic E-state index is 12.5. The molecule has 1 aliphatic carbocycles. The van der Waals surface area contributed by atoms with Gasteiger partial charge >= 0.3 is 6.18 Å². The molecule has 42 heavy (non-hydrogen) atoms. The van der Waals surface area contributed by atoms with Crippen LogP contribution in [0.5, 0.6) is 5.75 Å². The average molecular weight is 582 g/mol. The molecule has 0 radical (unpaired) electrons. The van der Waals surface area contributed by atoms with Crippen LogP contribution in [0.3, 0.4) is 0 Å². The molecular formula is C28H30F3N9O2. The van der Waals surface area contributed by atoms with Crippen molar-refractivity contribution < 1.29 is 23.1 Å². The Bertz CT molecular complexity index is 1580. The Labute approximate surface area is 239 Å². The van der Waals surface area contributed by atoms with Crippen LogP contribution in [-0.2, 0) is 11.3 Å². The van der Waals surface area contributed by atoms with Crippen LogP contribution in [0.2, 0.25) is 0 Å². The first-order chi connectivity index (χ1) is 20.2. The van der Waals surface area contributed by atoms with E-state index in [1.807, 2.05) is 30.3 Å². The normalized spacial score (nSPS) is 16.1. The second-order valence-corrected chi connectivity index (χ2v) is 10.7. The number of pyridine rings is 1. The molecule has 4 heterocycles. The first kappa shape index (κ1) is 27.7. The summed E-state index contributed by atoms with van der Waals surface area (Å²) in [7, 11) is 0. The molecule has 6 rings (SSSR count). The minimum Gasteiger partial charge on any atom is -0.503 e. The molecular weight excluding hydrogens is 551 g/mol. The number of fused-ring (bicyclic) bond motifs is 1. The van der Waals surface area contributed by atoms with E-state index in [2.05, 4.69) is 40.5 Å². The molecule has 3 aromatic heterocycles. The number of halogens is 3. The lowest BCUT2D eigenvalue weighted by Gasteiger charge is -2.35. The fourth-order valence-corrected chi connectivity index (χ4v) is 4.96. The van der Waals surface area contributed by atoms with Gasteiger partial charge in [-0.15, -0.1) is 0 Å². The van der Waals surface area contributed by atoms with Gasteiger partial charge in [0.1, 0.15) is 24.3 Å². The summed E-state index contributed by atoms with van der Waals surface area (Å²) >= 11 is 0. The van der Waals surface area contributed by atoms with E-state index in [0.29, 0.717) is 54.4 Å². The predicted molar refractivity (Wildman–Crippen MR) is 150 cm³/mol. The molecule has 220 valence electrons. The van der Waals surface area contributed by atoms with Crippen LogP contribution in [0.1, 0.15) is 24.8 Å². The molecule has 1 saturated carbocycles. The summed E-state index contributed by atoms with van der Waals surface area (Å²) in [5, 5.41) is 17.2. The van der Waals surface area contributed by atoms with Gasteiger partial charge in [0.2, 0.25) is 11.9 Å². The van der Waals surface area contributed by atoms with Crippen molar-refractivity contribution in [2.75, 3.05) is 43.4 Å². The number of carbonyl (C=O) groups excluding carboxylic acids is 1. The topological polar surface area (TPSA) is 135 Å². The van der Waals surface area contributed by atoms with Crippen LogP contribution in [0.15, 0.2) is 42.9 Å². The van der Waals surface area contributed by atoms with Gasteiger partial charge in [-0.1, -0.05) is 6.07 Å². The fourth-order valence-electron chi connectivity index (χ4n) is 4.96. The Kier molecular flexibility index (Phi) is 7.54. The zero-order valence-corrected chi connectivity index (χ0v) is 22.7. The minimum atomic E-state index is -4.49. The van der Waals surface area contributed by atoms with Gasteiger partial charge in [0.15, 0.2) is 11.6 Å². The molecule has 0 spiro atoms. The van der Waals surface area contributed by atoms with Crippen molar-refractivity contribution in [3.63, 3.8) is 0 Å². The SMILES string of the molecule is O=C(CC(F)(F)F)N1CCN(Cc2ccnc(Nc3nc4ccc(-c5ncnc(NCC6CC6)c5O)cc4[nH]3)c2)CC1. The molecule has 11 nitrogen and oxygen atoms in total. The lowest BCUT2D eigenvalue weighted by molar-refractivity contribution is -0.162. The number of H-pyrrole nitrogens is 1. The van der Waals surface area contributed by atoms with Crippen molar-refractivity contribution in [3.8, 4) is 17.0 Å². The molecule has 1 aliphatic heterocycles. The third-order valence-corrected chi connectivity index (χ3v) is 7.39. The number of nitrogens with zero attached hydrogens (tertiary/aromatic N) is 6. The number of alkyl halides is 3. The van der Waals surface area contributed by atoms with Gasteiger partial charge in [-0.3, -0.25) is 9.69 Å². The summed E-state index contributed by atoms with van der Waals surface area (Å²) in [6.45, 7) is 2.84. The van der Waals surface area contributed by atoms with Crippen LogP contribution in [-0.4, -0.2) is 84.6 Å². The number of aromatic hydroxyl groups is 1. The van der Waals surface area contributed by atoms with Crippen molar-refractivity contribution in [3.05, 3.63) is 48.4 Å². The van der Waals surface area contributed by atoms with E-state index in [1.165, 1.54) is 24.1 Å². The lowest BCUT2D eigenvalue weighted by Crippen LogP contribution is -2.49. The summed E-state index contributed by atoms with van der Waals surface area (Å²) < 4.78 is 37.6. The van der Waals surface area contributed by atoms with Crippen molar-refractivity contribution in [2.45, 2.75) is 32.0 Å². The van der Waals surface area contributed by atoms with E-state index in [0.717, 1.165) is 23.1 Å². The van der Waals surface area contributed by atoms with Crippen molar-refractivity contribution >= 4 is 34.5 Å². The molecule has 0 atom stereocenters. The number of aromatic nitrogens is 5. The van der Waals surface area contributed by atoms with Gasteiger partial charge < -0.3 is 25.6 Å². The van der Waals surface area contributed by atoms with Crippen molar-refractivity contribution in [2.24, 2.45) is 5.92 Å². The Balaban J connectivity index is 1.09. The highest BCUT2D eigenvalue weighted by Gasteiger charge is 2.34. The monoisotopic (exact) mass is 581 g/mol. The van der Waals surface area contributed by atoms with E-state index in [4.69, 9.17) is 0 Å². The summed E-state index contributed by atoms with van der Waals surface area (Å²) in [6.07, 6.45) is -0.426. The van der Waals surface area contributed by atoms with E-state index in [9.17, 15) is 23.1 Å². The molecule has 0 unspecified atom stereocenters. The van der Waals surface area contributed by atoms with Crippen molar-refractivity contribution in [1.82, 2.24) is 34.7 Å². The smallest absolute Gasteiger partial charge is 0.397 e. The van der Waals surface area contributed by atoms with Gasteiger partial charge in [-0.05, 0) is 48.6 Å². The summed E-state index contributed by atoms with van der Waals surface area (Å²) in [6, 6.07) is 9.31. The number of aromatic amines is 1. The number of hydrogen-bond acceptors (Lipinski definition) is 9. The Morgan fingerprint density at radius 1 is 1.07 bits per heavy atom. The summed E-state index contributed by atoms with van der Waals surface area (Å²) in [5.74, 6) is 1.24. The third kappa shape index (κ3) is 6.70. The van der Waals surface area contributed by atoms with Crippen LogP contribution in [0, 0.1) is 5.92 Å². The van der Waals surface area contributed by atoms with Crippen LogP contribution in [0.4, 0.5) is 30.8 Å². The van der Waals surface area contributed by atoms with E-state index < -0.39 is 18.5 Å². The number of piperazine rings is 1. The number of imidazole rings is 1. The second kappa shape index (κ2) is 11.4. The maximum Gasteiger partial charge on any atom is 0.397 e. The van der Waals surface area contributed by atoms with Crippen LogP contribution >= 0.6 is 0 Å². The van der Waals surface area contributed by atoms with Crippen LogP contribution < -0.4 is 10.6 Å². The number of amides is 1. The first-order valence-electron chi connectivity index (χ1n) is 13.8. The number of rotatable bonds is 9. The van der Waals surface area contributed by atoms with Crippen LogP contribution in [0.25, 0.3) is 22.3 Å². The maximum absolute atomic E-state index is 12.5. The summed E-state index contributed by atoms with van der Waals surface area (Å²) in [4.78, 5) is 35.9. The highest BCUT2D eigenvalue weighted by atomic mass is 19.4. The van der Waals surface area contributed by atoms with Gasteiger partial charge in [-0.25, -0.2) is 19.9 Å². The molecule has 1 aromatic carbocycles. The molecule has 1 amide bonds. The number of hydrogen-bond donors (Lipinski definition) is 4. The Morgan fingerprint density at radius 2 is 1.88 bits per heavy atom. The number of benzene rings is 1. The fraction of sp³-hybridized carbons (Fsp3) is 0.393. The third-order valence-electron chi connectivity index (χ3n) is 7.39. The predicted octanol–water partition coefficient (Wildman–Crippen LogP) is 4.28. The number of nitrogens with one attached hydrogen (secondary N) is 3. The zero-order chi connectivity index (χ0) is 29.3. The van der Waals surface area contributed by atoms with Gasteiger partial charge in [0.05, 0.1) is 11.0 Å². The largest absolute Gasteiger partial charge is 0.503 e. The van der Waals surface area contributed by atoms with E-state index >= 15 is 0 Å². The highest BCUT2D eigenvalue weighted by Crippen LogP contribution is 2.35. The standard InChI is InChI=1S/C28H30F3N9O2/c29-28(30,31)13-23(41)40-9-7-39(8-10-40)15-18-5-6-32-22(11-18)38-27-36-20-4-3-19(12-21(20)37-27)24-25(42)26(35-16-34-24)33-14-17-1-2-17/h3-6,11-12,16-17,42H,1-2,7-10,13-15H2,(H,33,34,35)(H2,32,36,37,38). The van der Waals surface area contributed by atoms with E-state index in [1.54, 1.807) is 6.20 Å². The molecule has 14 heteroatoms. The van der Waals surface area contributed by atoms with Crippen molar-refractivity contribution in [1.29, 1.82) is 0 Å². The van der Waals surface area contributed by atoms with Gasteiger partial charge in [0.25, 0.3) is 0 Å². The first-order valence-corrected chi connectivity index (χ1v) is 13.8. The minimum absolute atomic E-state index is 0.00528. The second-order valence-electron chi connectivity index (χ2n) is 10.7. The Morgan fingerprint density at radius 3 is 2.64 bits per heavy atom. The average Bonchev–Trinajstić information content (AvgIpc) is 3.69. The van der Waals surface area contributed by atoms with Gasteiger partial charge in [-0.2, -0.15) is 13.2 Å². The highest BCUT2D eigenvalue weighted by molar-refractivity contribution is 5.85. The molecule has 4 aromatic rings. The van der Waals surface area contributed by atoms with Gasteiger partial charge in [0, 0.05) is 51.0 Å². The molecule has 1 saturated heterocycles. The molecule has 4 N–H and O–H groups in total. The quantitative estimate of drug-likeness (QED) is 0.228. The van der Waals surface area contributed by atoms with E-state index in [-0.39, 0.29) is 18.8 Å². The number of anilines is 3. The number of carbonyl (C=O) groups is 1. The summed E-state index contributed by atoms with van der Waals surface area (Å²) in [5.41, 5.74) is 3.57. The molecule has 0 bridgehead atoms. The molecule has 2 aliphatic rings. The lowest BCUT2D eigenvalue weighted by atomic mass is 10.1. The zero-order valence-electron chi connectivity index (χ0n) is 22.7. The molecule has 2 fully saturated rings. The Hall–Kier alpha value is -4.46.